The van der Waals surface area contributed by atoms with Crippen molar-refractivity contribution in [2.24, 2.45) is 5.92 Å². The van der Waals surface area contributed by atoms with E-state index in [0.29, 0.717) is 23.5 Å². The minimum absolute atomic E-state index is 0.167. The lowest BCUT2D eigenvalue weighted by atomic mass is 9.82. The highest BCUT2D eigenvalue weighted by atomic mass is 16.5. The summed E-state index contributed by atoms with van der Waals surface area (Å²) in [6.07, 6.45) is 1.80. The van der Waals surface area contributed by atoms with Crippen LogP contribution in [-0.4, -0.2) is 48.5 Å². The molecule has 5 heteroatoms. The van der Waals surface area contributed by atoms with E-state index in [4.69, 9.17) is 4.74 Å². The number of quaternary nitrogens is 1. The van der Waals surface area contributed by atoms with Gasteiger partial charge in [-0.2, -0.15) is 0 Å². The van der Waals surface area contributed by atoms with Gasteiger partial charge in [0.2, 0.25) is 5.78 Å². The maximum absolute atomic E-state index is 13.7. The van der Waals surface area contributed by atoms with Gasteiger partial charge >= 0.3 is 5.97 Å². The lowest BCUT2D eigenvalue weighted by molar-refractivity contribution is -0.938. The predicted molar refractivity (Wildman–Crippen MR) is 142 cm³/mol. The summed E-state index contributed by atoms with van der Waals surface area (Å²) in [5.41, 5.74) is 4.79. The van der Waals surface area contributed by atoms with Gasteiger partial charge in [0.15, 0.2) is 12.1 Å². The lowest BCUT2D eigenvalue weighted by Gasteiger charge is -2.51. The Morgan fingerprint density at radius 1 is 0.889 bits per heavy atom. The Kier molecular flexibility index (Phi) is 6.92. The minimum Gasteiger partial charge on any atom is -0.454 e. The molecule has 6 rings (SSSR count). The Balaban J connectivity index is 1.34. The van der Waals surface area contributed by atoms with Crippen LogP contribution in [0.3, 0.4) is 0 Å². The average molecular weight is 484 g/mol. The molecule has 5 nitrogen and oxygen atoms in total. The number of hydrogen-bond acceptors (Lipinski definition) is 4. The van der Waals surface area contributed by atoms with Gasteiger partial charge in [0.1, 0.15) is 13.1 Å². The first kappa shape index (κ1) is 24.3. The number of carbonyl (C=O) groups excluding carboxylic acids is 2. The highest BCUT2D eigenvalue weighted by Crippen LogP contribution is 2.37. The Morgan fingerprint density at radius 3 is 2.14 bits per heavy atom. The summed E-state index contributed by atoms with van der Waals surface area (Å²) in [6, 6.07) is 24.8. The third-order valence-corrected chi connectivity index (χ3v) is 8.02. The second kappa shape index (κ2) is 10.3. The molecule has 3 aliphatic heterocycles. The number of hydrogen-bond donors (Lipinski definition) is 1. The molecule has 186 valence electrons. The topological polar surface area (TPSA) is 55.4 Å². The van der Waals surface area contributed by atoms with Gasteiger partial charge in [0.25, 0.3) is 0 Å². The molecule has 2 bridgehead atoms. The Hall–Kier alpha value is -3.44. The molecule has 36 heavy (non-hydrogen) atoms. The number of nitrogens with one attached hydrogen (secondary N) is 1. The van der Waals surface area contributed by atoms with Crippen LogP contribution in [0.2, 0.25) is 0 Å². The van der Waals surface area contributed by atoms with Crippen LogP contribution in [-0.2, 0) is 9.53 Å². The fraction of sp³-hybridized carbons (Fsp3) is 0.355. The third kappa shape index (κ3) is 5.07. The Labute approximate surface area is 213 Å². The molecular formula is C31H35N2O3+. The first-order valence-electron chi connectivity index (χ1n) is 13.0. The molecule has 0 amide bonds. The number of fused-ring (bicyclic) bond motifs is 3. The zero-order chi connectivity index (χ0) is 25.1. The van der Waals surface area contributed by atoms with Crippen LogP contribution in [0, 0.1) is 19.8 Å². The van der Waals surface area contributed by atoms with E-state index in [9.17, 15) is 9.59 Å². The lowest BCUT2D eigenvalue weighted by Crippen LogP contribution is -2.65. The van der Waals surface area contributed by atoms with E-state index in [1.54, 1.807) is 0 Å². The molecule has 3 heterocycles. The highest BCUT2D eigenvalue weighted by molar-refractivity contribution is 5.97. The number of rotatable bonds is 8. The molecule has 0 aliphatic carbocycles. The van der Waals surface area contributed by atoms with Crippen molar-refractivity contribution in [1.29, 1.82) is 0 Å². The number of esters is 1. The van der Waals surface area contributed by atoms with E-state index in [-0.39, 0.29) is 17.9 Å². The molecular weight excluding hydrogens is 448 g/mol. The number of carbonyl (C=O) groups is 2. The summed E-state index contributed by atoms with van der Waals surface area (Å²) in [6.45, 7) is 7.22. The number of para-hydroxylation sites is 1. The van der Waals surface area contributed by atoms with Crippen LogP contribution in [0.4, 0.5) is 5.69 Å². The molecule has 0 radical (unpaired) electrons. The number of piperidine rings is 3. The number of ether oxygens (including phenoxy) is 1. The predicted octanol–water partition coefficient (Wildman–Crippen LogP) is 5.49. The second-order valence-corrected chi connectivity index (χ2v) is 10.5. The third-order valence-electron chi connectivity index (χ3n) is 8.02. The van der Waals surface area contributed by atoms with E-state index < -0.39 is 6.04 Å². The number of Topliss-reactive ketones (excluding diaryl/α,β-unsaturated/α-hetero) is 1. The number of ketones is 1. The zero-order valence-electron chi connectivity index (χ0n) is 21.2. The van der Waals surface area contributed by atoms with Crippen LogP contribution >= 0.6 is 0 Å². The fourth-order valence-electron chi connectivity index (χ4n) is 5.92. The largest absolute Gasteiger partial charge is 0.454 e. The van der Waals surface area contributed by atoms with Crippen LogP contribution in [0.1, 0.15) is 45.9 Å². The van der Waals surface area contributed by atoms with E-state index in [1.165, 1.54) is 0 Å². The summed E-state index contributed by atoms with van der Waals surface area (Å²) in [5, 5.41) is 3.49. The van der Waals surface area contributed by atoms with E-state index >= 15 is 0 Å². The molecule has 3 aromatic rings. The van der Waals surface area contributed by atoms with Gasteiger partial charge in [-0.15, -0.1) is 0 Å². The smallest absolute Gasteiger partial charge is 0.333 e. The summed E-state index contributed by atoms with van der Waals surface area (Å²) >= 11 is 0. The normalized spacial score (nSPS) is 23.6. The quantitative estimate of drug-likeness (QED) is 0.261. The first-order chi connectivity index (χ1) is 17.4. The fourth-order valence-corrected chi connectivity index (χ4v) is 5.92. The van der Waals surface area contributed by atoms with Gasteiger partial charge in [-0.3, -0.25) is 4.79 Å². The number of benzene rings is 3. The van der Waals surface area contributed by atoms with Crippen molar-refractivity contribution in [3.63, 3.8) is 0 Å². The molecule has 3 aliphatic rings. The summed E-state index contributed by atoms with van der Waals surface area (Å²) < 4.78 is 6.99. The van der Waals surface area contributed by atoms with Crippen molar-refractivity contribution in [3.8, 4) is 0 Å². The van der Waals surface area contributed by atoms with Gasteiger partial charge in [-0.25, -0.2) is 4.79 Å². The molecule has 3 aromatic carbocycles. The van der Waals surface area contributed by atoms with Crippen molar-refractivity contribution in [2.45, 2.75) is 38.8 Å². The van der Waals surface area contributed by atoms with Crippen molar-refractivity contribution in [2.75, 3.05) is 31.5 Å². The van der Waals surface area contributed by atoms with Gasteiger partial charge in [0, 0.05) is 30.0 Å². The van der Waals surface area contributed by atoms with Crippen LogP contribution < -0.4 is 5.32 Å². The van der Waals surface area contributed by atoms with Gasteiger partial charge in [-0.1, -0.05) is 78.9 Å². The maximum Gasteiger partial charge on any atom is 0.333 e. The van der Waals surface area contributed by atoms with Crippen LogP contribution in [0.25, 0.3) is 0 Å². The number of anilines is 1. The standard InChI is InChI=1S/C31H35N2O3/c1-22-10-9-11-23(2)29(22)32-30(26-14-7-4-8-15-26)31(35)36-28-21-33(18-16-25(28)17-19-33)20-27(34)24-12-5-3-6-13-24/h3-15,25,28,30,32H,16-21H2,1-2H3/q+1/t25?,28-,30?,33?/m0/s1. The molecule has 1 unspecified atom stereocenters. The minimum atomic E-state index is -0.596. The second-order valence-electron chi connectivity index (χ2n) is 10.5. The molecule has 3 saturated heterocycles. The van der Waals surface area contributed by atoms with Crippen molar-refractivity contribution >= 4 is 17.4 Å². The van der Waals surface area contributed by atoms with Gasteiger partial charge in [-0.05, 0) is 30.5 Å². The number of aryl methyl sites for hydroxylation is 2. The zero-order valence-corrected chi connectivity index (χ0v) is 21.2. The van der Waals surface area contributed by atoms with E-state index in [0.717, 1.165) is 53.9 Å². The molecule has 1 N–H and O–H groups in total. The molecule has 0 aromatic heterocycles. The molecule has 3 fully saturated rings. The van der Waals surface area contributed by atoms with Gasteiger partial charge in [0.05, 0.1) is 13.1 Å². The number of nitrogens with zero attached hydrogens (tertiary/aromatic N) is 1. The first-order valence-corrected chi connectivity index (χ1v) is 13.0. The highest BCUT2D eigenvalue weighted by Gasteiger charge is 2.49. The maximum atomic E-state index is 13.7. The molecule has 0 spiro atoms. The van der Waals surface area contributed by atoms with Crippen molar-refractivity contribution < 1.29 is 18.8 Å². The van der Waals surface area contributed by atoms with Crippen molar-refractivity contribution in [1.82, 2.24) is 0 Å². The summed E-state index contributed by atoms with van der Waals surface area (Å²) in [4.78, 5) is 26.8. The van der Waals surface area contributed by atoms with E-state index in [2.05, 4.69) is 5.32 Å². The van der Waals surface area contributed by atoms with Crippen LogP contribution in [0.5, 0.6) is 0 Å². The van der Waals surface area contributed by atoms with Crippen molar-refractivity contribution in [3.05, 3.63) is 101 Å². The molecule has 2 atom stereocenters. The average Bonchev–Trinajstić information content (AvgIpc) is 2.90. The Bertz CT molecular complexity index is 1200. The Morgan fingerprint density at radius 2 is 1.50 bits per heavy atom. The summed E-state index contributed by atoms with van der Waals surface area (Å²) in [7, 11) is 0. The monoisotopic (exact) mass is 483 g/mol. The molecule has 0 saturated carbocycles. The van der Waals surface area contributed by atoms with E-state index in [1.807, 2.05) is 92.7 Å². The van der Waals surface area contributed by atoms with Gasteiger partial charge < -0.3 is 14.5 Å². The summed E-state index contributed by atoms with van der Waals surface area (Å²) in [5.74, 6) is 0.271. The SMILES string of the molecule is Cc1cccc(C)c1NC(C(=O)O[C@H]1C[N+]2(CC(=O)c3ccccc3)CCC1CC2)c1ccccc1. The van der Waals surface area contributed by atoms with Crippen LogP contribution in [0.15, 0.2) is 78.9 Å².